The normalized spacial score (nSPS) is 17.6. The number of H-pyrrole nitrogens is 1. The third-order valence-corrected chi connectivity index (χ3v) is 5.21. The van der Waals surface area contributed by atoms with Gasteiger partial charge >= 0.3 is 12.1 Å². The first-order valence-corrected chi connectivity index (χ1v) is 9.02. The van der Waals surface area contributed by atoms with Crippen LogP contribution in [-0.4, -0.2) is 34.6 Å². The Kier molecular flexibility index (Phi) is 4.53. The summed E-state index contributed by atoms with van der Waals surface area (Å²) < 4.78 is 46.1. The molecule has 0 saturated carbocycles. The molecule has 7 heteroatoms. The van der Waals surface area contributed by atoms with E-state index >= 15 is 0 Å². The molecule has 0 spiro atoms. The van der Waals surface area contributed by atoms with E-state index in [1.807, 2.05) is 12.1 Å². The molecule has 4 nitrogen and oxygen atoms in total. The van der Waals surface area contributed by atoms with Gasteiger partial charge in [-0.2, -0.15) is 13.2 Å². The van der Waals surface area contributed by atoms with Crippen molar-refractivity contribution in [2.45, 2.75) is 31.6 Å². The van der Waals surface area contributed by atoms with Gasteiger partial charge in [-0.05, 0) is 36.6 Å². The zero-order valence-corrected chi connectivity index (χ0v) is 15.2. The van der Waals surface area contributed by atoms with Crippen LogP contribution in [0.1, 0.15) is 24.1 Å². The molecule has 3 aromatic rings. The fraction of sp³-hybridized carbons (Fsp3) is 0.286. The number of carbonyl (C=O) groups excluding carboxylic acids is 1. The highest BCUT2D eigenvalue weighted by Gasteiger charge is 2.47. The van der Waals surface area contributed by atoms with Gasteiger partial charge in [-0.25, -0.2) is 0 Å². The topological polar surface area (TPSA) is 45.3 Å². The number of nitrogens with one attached hydrogen (secondary N) is 1. The molecule has 1 aromatic heterocycles. The second-order valence-electron chi connectivity index (χ2n) is 6.96. The molecule has 0 bridgehead atoms. The van der Waals surface area contributed by atoms with Crippen LogP contribution in [0.4, 0.5) is 13.2 Å². The molecule has 1 N–H and O–H groups in total. The van der Waals surface area contributed by atoms with Crippen molar-refractivity contribution in [3.05, 3.63) is 65.9 Å². The molecular weight excluding hydrogens is 369 g/mol. The van der Waals surface area contributed by atoms with Crippen LogP contribution in [0.15, 0.2) is 54.7 Å². The molecule has 146 valence electrons. The first kappa shape index (κ1) is 18.4. The molecule has 2 aromatic carbocycles. The molecule has 0 radical (unpaired) electrons. The lowest BCUT2D eigenvalue weighted by Crippen LogP contribution is -2.51. The average molecular weight is 388 g/mol. The molecule has 0 unspecified atom stereocenters. The minimum absolute atomic E-state index is 0.00716. The fourth-order valence-electron chi connectivity index (χ4n) is 3.87. The van der Waals surface area contributed by atoms with Gasteiger partial charge in [0.25, 0.3) is 0 Å². The molecule has 1 aliphatic rings. The molecule has 1 aliphatic heterocycles. The fourth-order valence-corrected chi connectivity index (χ4v) is 3.87. The van der Waals surface area contributed by atoms with E-state index in [1.165, 1.54) is 0 Å². The van der Waals surface area contributed by atoms with Crippen molar-refractivity contribution < 1.29 is 22.7 Å². The van der Waals surface area contributed by atoms with Crippen LogP contribution >= 0.6 is 0 Å². The predicted molar refractivity (Wildman–Crippen MR) is 99.0 cm³/mol. The van der Waals surface area contributed by atoms with Crippen molar-refractivity contribution in [3.63, 3.8) is 0 Å². The summed E-state index contributed by atoms with van der Waals surface area (Å²) >= 11 is 0. The standard InChI is InChI=1S/C21H19F3N2O2/c1-13(14-6-3-2-4-7-14)26(20(27)21(22,23)24)16-10-15-11-25-17-8-5-9-18(19(15)17)28-12-16/h2-9,11,13,16,25H,10,12H2,1H3/t13-,16-/m1/s1. The Hall–Kier alpha value is -2.96. The second-order valence-corrected chi connectivity index (χ2v) is 6.96. The SMILES string of the molecule is C[C@H](c1ccccc1)N(C(=O)C(F)(F)F)[C@H]1COc2cccc3[nH]cc(c23)C1. The lowest BCUT2D eigenvalue weighted by Gasteiger charge is -2.36. The highest BCUT2D eigenvalue weighted by Crippen LogP contribution is 2.36. The maximum absolute atomic E-state index is 13.4. The molecule has 0 fully saturated rings. The Balaban J connectivity index is 1.74. The number of nitrogens with zero attached hydrogens (tertiary/aromatic N) is 1. The average Bonchev–Trinajstić information content (AvgIpc) is 2.99. The number of rotatable bonds is 3. The van der Waals surface area contributed by atoms with Crippen LogP contribution in [0.25, 0.3) is 10.9 Å². The van der Waals surface area contributed by atoms with E-state index in [-0.39, 0.29) is 13.0 Å². The number of alkyl halides is 3. The molecule has 4 rings (SSSR count). The third-order valence-electron chi connectivity index (χ3n) is 5.21. The van der Waals surface area contributed by atoms with Crippen molar-refractivity contribution in [1.82, 2.24) is 9.88 Å². The van der Waals surface area contributed by atoms with E-state index < -0.39 is 24.2 Å². The Morgan fingerprint density at radius 2 is 1.93 bits per heavy atom. The lowest BCUT2D eigenvalue weighted by molar-refractivity contribution is -0.191. The summed E-state index contributed by atoms with van der Waals surface area (Å²) in [6.07, 6.45) is -2.91. The van der Waals surface area contributed by atoms with Crippen molar-refractivity contribution >= 4 is 16.8 Å². The second kappa shape index (κ2) is 6.89. The van der Waals surface area contributed by atoms with Crippen LogP contribution in [0.5, 0.6) is 5.75 Å². The van der Waals surface area contributed by atoms with Gasteiger partial charge in [0.1, 0.15) is 12.4 Å². The third kappa shape index (κ3) is 3.21. The monoisotopic (exact) mass is 388 g/mol. The van der Waals surface area contributed by atoms with Gasteiger partial charge < -0.3 is 14.6 Å². The number of halogens is 3. The first-order valence-electron chi connectivity index (χ1n) is 9.02. The van der Waals surface area contributed by atoms with Gasteiger partial charge in [-0.1, -0.05) is 36.4 Å². The quantitative estimate of drug-likeness (QED) is 0.711. The summed E-state index contributed by atoms with van der Waals surface area (Å²) in [4.78, 5) is 16.4. The highest BCUT2D eigenvalue weighted by molar-refractivity contribution is 5.90. The zero-order valence-electron chi connectivity index (χ0n) is 15.2. The molecule has 0 aliphatic carbocycles. The number of ether oxygens (including phenoxy) is 1. The first-order chi connectivity index (χ1) is 13.4. The molecule has 28 heavy (non-hydrogen) atoms. The van der Waals surface area contributed by atoms with E-state index in [0.29, 0.717) is 11.3 Å². The van der Waals surface area contributed by atoms with Crippen LogP contribution < -0.4 is 4.74 Å². The molecule has 2 heterocycles. The van der Waals surface area contributed by atoms with Gasteiger partial charge in [0, 0.05) is 17.1 Å². The molecule has 2 atom stereocenters. The maximum Gasteiger partial charge on any atom is 0.471 e. The highest BCUT2D eigenvalue weighted by atomic mass is 19.4. The number of hydrogen-bond acceptors (Lipinski definition) is 2. The van der Waals surface area contributed by atoms with Crippen LogP contribution in [0.2, 0.25) is 0 Å². The Morgan fingerprint density at radius 3 is 2.64 bits per heavy atom. The number of hydrogen-bond donors (Lipinski definition) is 1. The largest absolute Gasteiger partial charge is 0.491 e. The number of amides is 1. The summed E-state index contributed by atoms with van der Waals surface area (Å²) in [6, 6.07) is 12.7. The van der Waals surface area contributed by atoms with E-state index in [2.05, 4.69) is 4.98 Å². The number of aromatic nitrogens is 1. The minimum atomic E-state index is -4.96. The summed E-state index contributed by atoms with van der Waals surface area (Å²) in [5.41, 5.74) is 2.34. The van der Waals surface area contributed by atoms with E-state index in [9.17, 15) is 18.0 Å². The van der Waals surface area contributed by atoms with E-state index in [0.717, 1.165) is 21.4 Å². The van der Waals surface area contributed by atoms with Crippen molar-refractivity contribution in [1.29, 1.82) is 0 Å². The van der Waals surface area contributed by atoms with Crippen LogP contribution in [0.3, 0.4) is 0 Å². The van der Waals surface area contributed by atoms with Crippen molar-refractivity contribution in [2.24, 2.45) is 0 Å². The molecule has 0 saturated heterocycles. The van der Waals surface area contributed by atoms with Gasteiger partial charge in [-0.3, -0.25) is 4.79 Å². The maximum atomic E-state index is 13.4. The van der Waals surface area contributed by atoms with Crippen LogP contribution in [-0.2, 0) is 11.2 Å². The molecular formula is C21H19F3N2O2. The van der Waals surface area contributed by atoms with Crippen molar-refractivity contribution in [2.75, 3.05) is 6.61 Å². The van der Waals surface area contributed by atoms with Gasteiger partial charge in [0.2, 0.25) is 0 Å². The van der Waals surface area contributed by atoms with Gasteiger partial charge in [-0.15, -0.1) is 0 Å². The summed E-state index contributed by atoms with van der Waals surface area (Å²) in [5, 5.41) is 0.858. The smallest absolute Gasteiger partial charge is 0.471 e. The lowest BCUT2D eigenvalue weighted by atomic mass is 10.0. The summed E-state index contributed by atoms with van der Waals surface area (Å²) in [7, 11) is 0. The van der Waals surface area contributed by atoms with Gasteiger partial charge in [0.15, 0.2) is 0 Å². The zero-order chi connectivity index (χ0) is 19.9. The number of aromatic amines is 1. The van der Waals surface area contributed by atoms with Crippen molar-refractivity contribution in [3.8, 4) is 5.75 Å². The minimum Gasteiger partial charge on any atom is -0.491 e. The Morgan fingerprint density at radius 1 is 1.18 bits per heavy atom. The van der Waals surface area contributed by atoms with Crippen LogP contribution in [0, 0.1) is 0 Å². The number of carbonyl (C=O) groups is 1. The predicted octanol–water partition coefficient (Wildman–Crippen LogP) is 4.62. The Labute approximate surface area is 159 Å². The van der Waals surface area contributed by atoms with Gasteiger partial charge in [0.05, 0.1) is 12.1 Å². The Bertz CT molecular complexity index is 998. The molecule has 1 amide bonds. The summed E-state index contributed by atoms with van der Waals surface area (Å²) in [6.45, 7) is 1.61. The van der Waals surface area contributed by atoms with E-state index in [1.54, 1.807) is 49.5 Å². The summed E-state index contributed by atoms with van der Waals surface area (Å²) in [5.74, 6) is -1.24. The van der Waals surface area contributed by atoms with E-state index in [4.69, 9.17) is 4.74 Å². The number of benzene rings is 2.